The monoisotopic (exact) mass is 315 g/mol. The third kappa shape index (κ3) is 3.97. The first kappa shape index (κ1) is 13.4. The number of benzene rings is 1. The highest BCUT2D eigenvalue weighted by atomic mass is 79.9. The molecule has 3 heteroatoms. The van der Waals surface area contributed by atoms with Gasteiger partial charge in [0.15, 0.2) is 0 Å². The summed E-state index contributed by atoms with van der Waals surface area (Å²) in [5.41, 5.74) is 1.26. The Labute approximate surface area is 117 Å². The molecule has 1 fully saturated rings. The van der Waals surface area contributed by atoms with Crippen LogP contribution in [0.5, 0.6) is 0 Å². The van der Waals surface area contributed by atoms with Crippen LogP contribution in [0, 0.1) is 5.92 Å². The lowest BCUT2D eigenvalue weighted by Crippen LogP contribution is -2.37. The average Bonchev–Trinajstić information content (AvgIpc) is 2.28. The largest absolute Gasteiger partial charge is 0.314 e. The van der Waals surface area contributed by atoms with E-state index in [9.17, 15) is 0 Å². The van der Waals surface area contributed by atoms with Gasteiger partial charge in [-0.25, -0.2) is 0 Å². The number of hydrogen-bond acceptors (Lipinski definition) is 1. The molecule has 1 saturated heterocycles. The van der Waals surface area contributed by atoms with Crippen molar-refractivity contribution in [3.63, 3.8) is 0 Å². The topological polar surface area (TPSA) is 12.0 Å². The summed E-state index contributed by atoms with van der Waals surface area (Å²) in [4.78, 5) is 0. The van der Waals surface area contributed by atoms with Gasteiger partial charge in [0.2, 0.25) is 0 Å². The molecule has 94 valence electrons. The van der Waals surface area contributed by atoms with Gasteiger partial charge in [-0.15, -0.1) is 0 Å². The first-order valence-electron chi connectivity index (χ1n) is 6.32. The van der Waals surface area contributed by atoms with Gasteiger partial charge in [0.25, 0.3) is 0 Å². The van der Waals surface area contributed by atoms with Gasteiger partial charge in [-0.05, 0) is 55.8 Å². The number of aryl methyl sites for hydroxylation is 1. The van der Waals surface area contributed by atoms with E-state index in [-0.39, 0.29) is 0 Å². The van der Waals surface area contributed by atoms with Gasteiger partial charge in [-0.2, -0.15) is 0 Å². The number of halogens is 2. The maximum absolute atomic E-state index is 6.23. The SMILES string of the molecule is CC1CCNC(CCc2ccc(Br)cc2Cl)C1. The first-order valence-corrected chi connectivity index (χ1v) is 7.49. The second kappa shape index (κ2) is 6.21. The van der Waals surface area contributed by atoms with Gasteiger partial charge in [0, 0.05) is 15.5 Å². The highest BCUT2D eigenvalue weighted by molar-refractivity contribution is 9.10. The molecule has 0 radical (unpaired) electrons. The van der Waals surface area contributed by atoms with Crippen LogP contribution in [0.4, 0.5) is 0 Å². The van der Waals surface area contributed by atoms with Crippen LogP contribution in [-0.4, -0.2) is 12.6 Å². The van der Waals surface area contributed by atoms with E-state index in [0.717, 1.165) is 21.8 Å². The molecule has 1 heterocycles. The fourth-order valence-corrected chi connectivity index (χ4v) is 3.26. The summed E-state index contributed by atoms with van der Waals surface area (Å²) in [5, 5.41) is 4.48. The molecule has 0 saturated carbocycles. The highest BCUT2D eigenvalue weighted by Crippen LogP contribution is 2.24. The zero-order valence-corrected chi connectivity index (χ0v) is 12.5. The van der Waals surface area contributed by atoms with Crippen molar-refractivity contribution in [3.05, 3.63) is 33.3 Å². The predicted molar refractivity (Wildman–Crippen MR) is 77.7 cm³/mol. The molecule has 2 unspecified atom stereocenters. The molecular weight excluding hydrogens is 298 g/mol. The number of rotatable bonds is 3. The molecule has 17 heavy (non-hydrogen) atoms. The minimum atomic E-state index is 0.665. The van der Waals surface area contributed by atoms with Crippen molar-refractivity contribution in [2.75, 3.05) is 6.54 Å². The molecule has 1 aliphatic heterocycles. The fourth-order valence-electron chi connectivity index (χ4n) is 2.49. The van der Waals surface area contributed by atoms with Gasteiger partial charge < -0.3 is 5.32 Å². The Morgan fingerprint density at radius 1 is 1.47 bits per heavy atom. The van der Waals surface area contributed by atoms with E-state index in [1.54, 1.807) is 0 Å². The predicted octanol–water partition coefficient (Wildman–Crippen LogP) is 4.42. The molecule has 1 nitrogen and oxygen atoms in total. The average molecular weight is 317 g/mol. The minimum Gasteiger partial charge on any atom is -0.314 e. The van der Waals surface area contributed by atoms with Crippen LogP contribution in [0.1, 0.15) is 31.7 Å². The zero-order valence-electron chi connectivity index (χ0n) is 10.2. The van der Waals surface area contributed by atoms with Gasteiger partial charge in [0.05, 0.1) is 0 Å². The Balaban J connectivity index is 1.88. The summed E-state index contributed by atoms with van der Waals surface area (Å²) in [6.07, 6.45) is 4.87. The van der Waals surface area contributed by atoms with Crippen LogP contribution in [0.3, 0.4) is 0 Å². The zero-order chi connectivity index (χ0) is 12.3. The smallest absolute Gasteiger partial charge is 0.0449 e. The molecule has 0 bridgehead atoms. The fraction of sp³-hybridized carbons (Fsp3) is 0.571. The Morgan fingerprint density at radius 2 is 2.29 bits per heavy atom. The van der Waals surface area contributed by atoms with Crippen molar-refractivity contribution in [2.24, 2.45) is 5.92 Å². The lowest BCUT2D eigenvalue weighted by molar-refractivity contribution is 0.308. The van der Waals surface area contributed by atoms with Crippen LogP contribution < -0.4 is 5.32 Å². The number of nitrogens with one attached hydrogen (secondary N) is 1. The first-order chi connectivity index (χ1) is 8.15. The van der Waals surface area contributed by atoms with Gasteiger partial charge in [-0.1, -0.05) is 40.5 Å². The maximum Gasteiger partial charge on any atom is 0.0449 e. The Hall–Kier alpha value is -0.0500. The molecule has 0 amide bonds. The van der Waals surface area contributed by atoms with Crippen LogP contribution in [-0.2, 0) is 6.42 Å². The Kier molecular flexibility index (Phi) is 4.89. The summed E-state index contributed by atoms with van der Waals surface area (Å²) in [5.74, 6) is 0.863. The highest BCUT2D eigenvalue weighted by Gasteiger charge is 2.18. The normalized spacial score (nSPS) is 24.9. The van der Waals surface area contributed by atoms with Crippen LogP contribution in [0.25, 0.3) is 0 Å². The van der Waals surface area contributed by atoms with E-state index < -0.39 is 0 Å². The van der Waals surface area contributed by atoms with Crippen LogP contribution in [0.15, 0.2) is 22.7 Å². The van der Waals surface area contributed by atoms with Crippen molar-refractivity contribution in [1.29, 1.82) is 0 Å². The lowest BCUT2D eigenvalue weighted by Gasteiger charge is -2.28. The van der Waals surface area contributed by atoms with E-state index in [4.69, 9.17) is 11.6 Å². The third-order valence-corrected chi connectivity index (χ3v) is 4.38. The van der Waals surface area contributed by atoms with Crippen molar-refractivity contribution >= 4 is 27.5 Å². The molecule has 2 atom stereocenters. The Bertz CT molecular complexity index is 380. The molecule has 0 spiro atoms. The number of hydrogen-bond donors (Lipinski definition) is 1. The molecular formula is C14H19BrClN. The molecule has 1 aliphatic rings. The Morgan fingerprint density at radius 3 is 3.00 bits per heavy atom. The molecule has 0 aromatic heterocycles. The third-order valence-electron chi connectivity index (χ3n) is 3.53. The summed E-state index contributed by atoms with van der Waals surface area (Å²) in [6.45, 7) is 3.51. The molecule has 1 aromatic rings. The van der Waals surface area contributed by atoms with E-state index in [2.05, 4.69) is 40.3 Å². The summed E-state index contributed by atoms with van der Waals surface area (Å²) >= 11 is 9.66. The quantitative estimate of drug-likeness (QED) is 0.870. The minimum absolute atomic E-state index is 0.665. The molecule has 0 aliphatic carbocycles. The van der Waals surface area contributed by atoms with Gasteiger partial charge in [0.1, 0.15) is 0 Å². The molecule has 1 N–H and O–H groups in total. The van der Waals surface area contributed by atoms with E-state index >= 15 is 0 Å². The number of piperidine rings is 1. The maximum atomic E-state index is 6.23. The van der Waals surface area contributed by atoms with Crippen molar-refractivity contribution in [1.82, 2.24) is 5.32 Å². The van der Waals surface area contributed by atoms with Crippen molar-refractivity contribution in [3.8, 4) is 0 Å². The van der Waals surface area contributed by atoms with E-state index in [1.807, 2.05) is 6.07 Å². The summed E-state index contributed by atoms with van der Waals surface area (Å²) in [7, 11) is 0. The van der Waals surface area contributed by atoms with Crippen LogP contribution >= 0.6 is 27.5 Å². The molecule has 2 rings (SSSR count). The van der Waals surface area contributed by atoms with Crippen molar-refractivity contribution in [2.45, 2.75) is 38.6 Å². The lowest BCUT2D eigenvalue weighted by atomic mass is 9.91. The second-order valence-corrected chi connectivity index (χ2v) is 6.38. The summed E-state index contributed by atoms with van der Waals surface area (Å²) in [6, 6.07) is 6.84. The second-order valence-electron chi connectivity index (χ2n) is 5.06. The standard InChI is InChI=1S/C14H19BrClN/c1-10-6-7-17-13(8-10)5-3-11-2-4-12(15)9-14(11)16/h2,4,9-10,13,17H,3,5-8H2,1H3. The van der Waals surface area contributed by atoms with Gasteiger partial charge in [-0.3, -0.25) is 0 Å². The van der Waals surface area contributed by atoms with E-state index in [0.29, 0.717) is 6.04 Å². The van der Waals surface area contributed by atoms with E-state index in [1.165, 1.54) is 31.4 Å². The summed E-state index contributed by atoms with van der Waals surface area (Å²) < 4.78 is 1.05. The van der Waals surface area contributed by atoms with Gasteiger partial charge >= 0.3 is 0 Å². The van der Waals surface area contributed by atoms with Crippen LogP contribution in [0.2, 0.25) is 5.02 Å². The molecule has 1 aromatic carbocycles. The van der Waals surface area contributed by atoms with Crippen molar-refractivity contribution < 1.29 is 0 Å².